The molecule has 0 radical (unpaired) electrons. The van der Waals surface area contributed by atoms with Crippen molar-refractivity contribution >= 4 is 9.84 Å². The molecule has 2 unspecified atom stereocenters. The number of nitrogens with one attached hydrogen (secondary N) is 1. The molecule has 1 N–H and O–H groups in total. The third kappa shape index (κ3) is 4.21. The molecule has 0 bridgehead atoms. The van der Waals surface area contributed by atoms with E-state index in [0.29, 0.717) is 18.4 Å². The highest BCUT2D eigenvalue weighted by Crippen LogP contribution is 2.09. The standard InChI is InChI=1S/C11H22N2O3S/c1-10-8-13(5-6-16-10)4-2-11-9-17(14,15)7-3-12-11/h10-12H,2-9H2,1H3. The average Bonchev–Trinajstić information content (AvgIpc) is 2.25. The first-order valence-electron chi connectivity index (χ1n) is 6.33. The fourth-order valence-corrected chi connectivity index (χ4v) is 3.98. The van der Waals surface area contributed by atoms with Crippen molar-refractivity contribution in [2.45, 2.75) is 25.5 Å². The van der Waals surface area contributed by atoms with Gasteiger partial charge in [0.1, 0.15) is 0 Å². The highest BCUT2D eigenvalue weighted by molar-refractivity contribution is 7.91. The summed E-state index contributed by atoms with van der Waals surface area (Å²) in [6.07, 6.45) is 1.21. The molecule has 0 saturated carbocycles. The lowest BCUT2D eigenvalue weighted by atomic mass is 10.2. The van der Waals surface area contributed by atoms with Crippen LogP contribution in [-0.2, 0) is 14.6 Å². The second kappa shape index (κ2) is 5.65. The van der Waals surface area contributed by atoms with Crippen LogP contribution in [-0.4, -0.2) is 69.8 Å². The van der Waals surface area contributed by atoms with Gasteiger partial charge in [-0.3, -0.25) is 4.90 Å². The molecule has 100 valence electrons. The van der Waals surface area contributed by atoms with E-state index in [9.17, 15) is 8.42 Å². The average molecular weight is 262 g/mol. The summed E-state index contributed by atoms with van der Waals surface area (Å²) in [4.78, 5) is 2.36. The highest BCUT2D eigenvalue weighted by Gasteiger charge is 2.25. The van der Waals surface area contributed by atoms with Gasteiger partial charge in [-0.05, 0) is 19.9 Å². The van der Waals surface area contributed by atoms with Crippen molar-refractivity contribution in [2.24, 2.45) is 0 Å². The minimum absolute atomic E-state index is 0.131. The molecule has 2 aliphatic rings. The van der Waals surface area contributed by atoms with Crippen molar-refractivity contribution < 1.29 is 13.2 Å². The van der Waals surface area contributed by atoms with Gasteiger partial charge in [-0.15, -0.1) is 0 Å². The van der Waals surface area contributed by atoms with E-state index in [4.69, 9.17) is 4.74 Å². The van der Waals surface area contributed by atoms with E-state index in [1.165, 1.54) is 0 Å². The molecule has 0 aromatic rings. The summed E-state index contributed by atoms with van der Waals surface area (Å²) in [5.74, 6) is 0.588. The molecule has 2 fully saturated rings. The third-order valence-electron chi connectivity index (χ3n) is 3.42. The number of ether oxygens (including phenoxy) is 1. The first kappa shape index (κ1) is 13.3. The minimum Gasteiger partial charge on any atom is -0.376 e. The van der Waals surface area contributed by atoms with Gasteiger partial charge in [0.05, 0.1) is 24.2 Å². The van der Waals surface area contributed by atoms with E-state index >= 15 is 0 Å². The van der Waals surface area contributed by atoms with Gasteiger partial charge in [0.15, 0.2) is 9.84 Å². The third-order valence-corrected chi connectivity index (χ3v) is 5.16. The van der Waals surface area contributed by atoms with Gasteiger partial charge >= 0.3 is 0 Å². The lowest BCUT2D eigenvalue weighted by Crippen LogP contribution is -2.48. The van der Waals surface area contributed by atoms with E-state index in [2.05, 4.69) is 17.1 Å². The summed E-state index contributed by atoms with van der Waals surface area (Å²) in [6.45, 7) is 6.35. The van der Waals surface area contributed by atoms with Crippen molar-refractivity contribution in [1.29, 1.82) is 0 Å². The number of hydrogen-bond donors (Lipinski definition) is 1. The molecule has 0 amide bonds. The molecular formula is C11H22N2O3S. The molecule has 0 aliphatic carbocycles. The monoisotopic (exact) mass is 262 g/mol. The number of nitrogens with zero attached hydrogens (tertiary/aromatic N) is 1. The fourth-order valence-electron chi connectivity index (χ4n) is 2.48. The first-order valence-corrected chi connectivity index (χ1v) is 8.15. The lowest BCUT2D eigenvalue weighted by Gasteiger charge is -2.32. The number of sulfone groups is 1. The smallest absolute Gasteiger partial charge is 0.153 e. The Bertz CT molecular complexity index is 345. The Labute approximate surface area is 103 Å². The van der Waals surface area contributed by atoms with Crippen molar-refractivity contribution in [1.82, 2.24) is 10.2 Å². The predicted octanol–water partition coefficient (Wildman–Crippen LogP) is -0.516. The summed E-state index contributed by atoms with van der Waals surface area (Å²) < 4.78 is 28.5. The molecule has 6 heteroatoms. The molecule has 2 aliphatic heterocycles. The molecule has 2 heterocycles. The van der Waals surface area contributed by atoms with Crippen LogP contribution in [0.1, 0.15) is 13.3 Å². The maximum absolute atomic E-state index is 11.5. The summed E-state index contributed by atoms with van der Waals surface area (Å²) in [6, 6.07) is 0.131. The molecule has 2 rings (SSSR count). The quantitative estimate of drug-likeness (QED) is 0.742. The summed E-state index contributed by atoms with van der Waals surface area (Å²) in [7, 11) is -2.80. The van der Waals surface area contributed by atoms with Gasteiger partial charge in [0, 0.05) is 25.7 Å². The van der Waals surface area contributed by atoms with Crippen molar-refractivity contribution in [3.63, 3.8) is 0 Å². The van der Waals surface area contributed by atoms with E-state index in [1.54, 1.807) is 0 Å². The summed E-state index contributed by atoms with van der Waals surface area (Å²) >= 11 is 0. The van der Waals surface area contributed by atoms with Crippen LogP contribution < -0.4 is 5.32 Å². The maximum Gasteiger partial charge on any atom is 0.153 e. The van der Waals surface area contributed by atoms with Crippen molar-refractivity contribution in [3.8, 4) is 0 Å². The SMILES string of the molecule is CC1CN(CCC2CS(=O)(=O)CCN2)CCO1. The normalized spacial score (nSPS) is 34.6. The zero-order valence-electron chi connectivity index (χ0n) is 10.4. The molecule has 0 aromatic heterocycles. The van der Waals surface area contributed by atoms with Gasteiger partial charge in [0.25, 0.3) is 0 Å². The Morgan fingerprint density at radius 3 is 3.00 bits per heavy atom. The van der Waals surface area contributed by atoms with E-state index in [1.807, 2.05) is 0 Å². The Morgan fingerprint density at radius 1 is 1.47 bits per heavy atom. The van der Waals surface area contributed by atoms with Gasteiger partial charge in [0.2, 0.25) is 0 Å². The van der Waals surface area contributed by atoms with Gasteiger partial charge in [-0.1, -0.05) is 0 Å². The van der Waals surface area contributed by atoms with E-state index < -0.39 is 9.84 Å². The van der Waals surface area contributed by atoms with Crippen molar-refractivity contribution in [3.05, 3.63) is 0 Å². The zero-order chi connectivity index (χ0) is 12.3. The molecular weight excluding hydrogens is 240 g/mol. The first-order chi connectivity index (χ1) is 8.05. The Balaban J connectivity index is 1.74. The predicted molar refractivity (Wildman–Crippen MR) is 66.9 cm³/mol. The number of rotatable bonds is 3. The van der Waals surface area contributed by atoms with Crippen LogP contribution >= 0.6 is 0 Å². The number of hydrogen-bond acceptors (Lipinski definition) is 5. The largest absolute Gasteiger partial charge is 0.376 e. The van der Waals surface area contributed by atoms with Crippen molar-refractivity contribution in [2.75, 3.05) is 44.3 Å². The molecule has 17 heavy (non-hydrogen) atoms. The van der Waals surface area contributed by atoms with Crippen LogP contribution in [0.25, 0.3) is 0 Å². The molecule has 5 nitrogen and oxygen atoms in total. The maximum atomic E-state index is 11.5. The lowest BCUT2D eigenvalue weighted by molar-refractivity contribution is -0.0190. The Kier molecular flexibility index (Phi) is 4.41. The van der Waals surface area contributed by atoms with Gasteiger partial charge in [-0.2, -0.15) is 0 Å². The molecule has 2 saturated heterocycles. The van der Waals surface area contributed by atoms with Crippen LogP contribution in [0.2, 0.25) is 0 Å². The molecule has 2 atom stereocenters. The Hall–Kier alpha value is -0.170. The van der Waals surface area contributed by atoms with Crippen LogP contribution in [0.5, 0.6) is 0 Å². The van der Waals surface area contributed by atoms with Gasteiger partial charge in [-0.25, -0.2) is 8.42 Å². The fraction of sp³-hybridized carbons (Fsp3) is 1.00. The van der Waals surface area contributed by atoms with E-state index in [0.717, 1.165) is 32.7 Å². The second-order valence-corrected chi connectivity index (χ2v) is 7.26. The second-order valence-electron chi connectivity index (χ2n) is 5.04. The highest BCUT2D eigenvalue weighted by atomic mass is 32.2. The topological polar surface area (TPSA) is 58.6 Å². The molecule has 0 spiro atoms. The summed E-state index contributed by atoms with van der Waals surface area (Å²) in [5, 5.41) is 3.29. The van der Waals surface area contributed by atoms with Crippen LogP contribution in [0.4, 0.5) is 0 Å². The molecule has 0 aromatic carbocycles. The van der Waals surface area contributed by atoms with E-state index in [-0.39, 0.29) is 11.8 Å². The zero-order valence-corrected chi connectivity index (χ0v) is 11.2. The minimum atomic E-state index is -2.80. The van der Waals surface area contributed by atoms with Gasteiger partial charge < -0.3 is 10.1 Å². The van der Waals surface area contributed by atoms with Crippen LogP contribution in [0, 0.1) is 0 Å². The van der Waals surface area contributed by atoms with Crippen LogP contribution in [0.3, 0.4) is 0 Å². The number of morpholine rings is 1. The Morgan fingerprint density at radius 2 is 2.29 bits per heavy atom. The summed E-state index contributed by atoms with van der Waals surface area (Å²) in [5.41, 5.74) is 0. The van der Waals surface area contributed by atoms with Crippen LogP contribution in [0.15, 0.2) is 0 Å².